The minimum atomic E-state index is -0.707. The van der Waals surface area contributed by atoms with Gasteiger partial charge in [0, 0.05) is 23.5 Å². The summed E-state index contributed by atoms with van der Waals surface area (Å²) in [5, 5.41) is 21.8. The Morgan fingerprint density at radius 1 is 1.03 bits per heavy atom. The van der Waals surface area contributed by atoms with Crippen LogP contribution in [-0.4, -0.2) is 37.0 Å². The van der Waals surface area contributed by atoms with E-state index in [9.17, 15) is 9.90 Å². The Bertz CT molecular complexity index is 1400. The highest BCUT2D eigenvalue weighted by Crippen LogP contribution is 2.41. The van der Waals surface area contributed by atoms with Gasteiger partial charge in [0.2, 0.25) is 0 Å². The summed E-state index contributed by atoms with van der Waals surface area (Å²) in [5.41, 5.74) is 4.91. The highest BCUT2D eigenvalue weighted by molar-refractivity contribution is 5.91. The van der Waals surface area contributed by atoms with Crippen molar-refractivity contribution in [3.8, 4) is 16.9 Å². The third kappa shape index (κ3) is 4.35. The van der Waals surface area contributed by atoms with E-state index in [1.807, 2.05) is 62.4 Å². The van der Waals surface area contributed by atoms with Crippen molar-refractivity contribution >= 4 is 11.8 Å². The summed E-state index contributed by atoms with van der Waals surface area (Å²) in [6.07, 6.45) is 3.30. The van der Waals surface area contributed by atoms with Gasteiger partial charge in [-0.3, -0.25) is 5.32 Å². The SMILES string of the molecule is Cc1ncc(-c2nn(-c3ccccc3)c(NC(=O)NC3c4ccccc4C(C)(C)C[C@H]3O)c2C)cn1. The number of para-hydroxylation sites is 1. The Morgan fingerprint density at radius 2 is 1.69 bits per heavy atom. The monoisotopic (exact) mass is 482 g/mol. The van der Waals surface area contributed by atoms with Crippen molar-refractivity contribution in [2.75, 3.05) is 5.32 Å². The quantitative estimate of drug-likeness (QED) is 0.386. The molecule has 0 saturated heterocycles. The summed E-state index contributed by atoms with van der Waals surface area (Å²) in [7, 11) is 0. The summed E-state index contributed by atoms with van der Waals surface area (Å²) < 4.78 is 1.71. The van der Waals surface area contributed by atoms with Crippen LogP contribution in [0.1, 0.15) is 48.8 Å². The summed E-state index contributed by atoms with van der Waals surface area (Å²) in [6.45, 7) is 7.97. The van der Waals surface area contributed by atoms with Gasteiger partial charge in [-0.1, -0.05) is 56.3 Å². The number of carbonyl (C=O) groups excluding carboxylic acids is 1. The van der Waals surface area contributed by atoms with Crippen LogP contribution >= 0.6 is 0 Å². The molecule has 0 aliphatic heterocycles. The molecule has 0 bridgehead atoms. The first kappa shape index (κ1) is 23.7. The molecule has 2 amide bonds. The summed E-state index contributed by atoms with van der Waals surface area (Å²) >= 11 is 0. The fraction of sp³-hybridized carbons (Fsp3) is 0.286. The van der Waals surface area contributed by atoms with Crippen molar-refractivity contribution < 1.29 is 9.90 Å². The van der Waals surface area contributed by atoms with E-state index in [1.54, 1.807) is 17.1 Å². The highest BCUT2D eigenvalue weighted by Gasteiger charge is 2.39. The van der Waals surface area contributed by atoms with E-state index in [-0.39, 0.29) is 5.41 Å². The third-order valence-electron chi connectivity index (χ3n) is 6.83. The number of nitrogens with zero attached hydrogens (tertiary/aromatic N) is 4. The Labute approximate surface area is 210 Å². The molecule has 3 N–H and O–H groups in total. The van der Waals surface area contributed by atoms with Crippen LogP contribution in [0.15, 0.2) is 67.0 Å². The normalized spacial score (nSPS) is 18.4. The molecular weight excluding hydrogens is 452 g/mol. The average Bonchev–Trinajstić information content (AvgIpc) is 3.18. The number of benzene rings is 2. The molecule has 184 valence electrons. The number of urea groups is 1. The number of carbonyl (C=O) groups is 1. The lowest BCUT2D eigenvalue weighted by Gasteiger charge is -2.40. The first-order valence-electron chi connectivity index (χ1n) is 12.0. The van der Waals surface area contributed by atoms with Crippen LogP contribution in [-0.2, 0) is 5.41 Å². The van der Waals surface area contributed by atoms with E-state index >= 15 is 0 Å². The van der Waals surface area contributed by atoms with Crippen molar-refractivity contribution in [3.63, 3.8) is 0 Å². The number of aliphatic hydroxyl groups excluding tert-OH is 1. The first-order valence-corrected chi connectivity index (χ1v) is 12.0. The zero-order valence-electron chi connectivity index (χ0n) is 20.9. The van der Waals surface area contributed by atoms with Crippen molar-refractivity contribution in [1.29, 1.82) is 0 Å². The van der Waals surface area contributed by atoms with Gasteiger partial charge in [0.15, 0.2) is 0 Å². The molecule has 36 heavy (non-hydrogen) atoms. The zero-order chi connectivity index (χ0) is 25.4. The van der Waals surface area contributed by atoms with Crippen molar-refractivity contribution in [3.05, 3.63) is 89.5 Å². The van der Waals surface area contributed by atoms with Crippen LogP contribution in [0.25, 0.3) is 16.9 Å². The second-order valence-corrected chi connectivity index (χ2v) is 9.91. The van der Waals surface area contributed by atoms with Crippen LogP contribution in [0.4, 0.5) is 10.6 Å². The number of amides is 2. The van der Waals surface area contributed by atoms with Crippen LogP contribution in [0.5, 0.6) is 0 Å². The molecule has 8 heteroatoms. The number of aliphatic hydroxyl groups is 1. The van der Waals surface area contributed by atoms with Gasteiger partial charge in [0.05, 0.1) is 17.8 Å². The molecule has 0 spiro atoms. The Hall–Kier alpha value is -4.04. The van der Waals surface area contributed by atoms with E-state index < -0.39 is 18.2 Å². The van der Waals surface area contributed by atoms with Crippen molar-refractivity contribution in [2.45, 2.75) is 51.7 Å². The number of anilines is 1. The first-order chi connectivity index (χ1) is 17.2. The van der Waals surface area contributed by atoms with Gasteiger partial charge < -0.3 is 10.4 Å². The molecule has 0 radical (unpaired) electrons. The number of hydrogen-bond acceptors (Lipinski definition) is 5. The van der Waals surface area contributed by atoms with Crippen LogP contribution in [0.2, 0.25) is 0 Å². The number of aryl methyl sites for hydroxylation is 1. The number of fused-ring (bicyclic) bond motifs is 1. The molecule has 1 aliphatic rings. The lowest BCUT2D eigenvalue weighted by Crippen LogP contribution is -2.45. The second-order valence-electron chi connectivity index (χ2n) is 9.91. The average molecular weight is 483 g/mol. The van der Waals surface area contributed by atoms with E-state index in [2.05, 4.69) is 40.5 Å². The minimum Gasteiger partial charge on any atom is -0.391 e. The van der Waals surface area contributed by atoms with Gasteiger partial charge in [-0.25, -0.2) is 19.4 Å². The summed E-state index contributed by atoms with van der Waals surface area (Å²) in [6, 6.07) is 16.6. The molecular formula is C28H30N6O2. The molecule has 8 nitrogen and oxygen atoms in total. The molecule has 2 atom stereocenters. The number of aromatic nitrogens is 4. The predicted molar refractivity (Wildman–Crippen MR) is 139 cm³/mol. The van der Waals surface area contributed by atoms with E-state index in [4.69, 9.17) is 5.10 Å². The van der Waals surface area contributed by atoms with Gasteiger partial charge in [0.25, 0.3) is 0 Å². The van der Waals surface area contributed by atoms with Gasteiger partial charge >= 0.3 is 6.03 Å². The molecule has 1 unspecified atom stereocenters. The molecule has 0 fully saturated rings. The van der Waals surface area contributed by atoms with Crippen molar-refractivity contribution in [2.24, 2.45) is 0 Å². The maximum Gasteiger partial charge on any atom is 0.320 e. The third-order valence-corrected chi connectivity index (χ3v) is 6.83. The molecule has 5 rings (SSSR count). The van der Waals surface area contributed by atoms with Gasteiger partial charge in [0.1, 0.15) is 17.3 Å². The lowest BCUT2D eigenvalue weighted by molar-refractivity contribution is 0.0883. The van der Waals surface area contributed by atoms with Crippen molar-refractivity contribution in [1.82, 2.24) is 25.1 Å². The molecule has 2 aromatic heterocycles. The fourth-order valence-electron chi connectivity index (χ4n) is 4.99. The van der Waals surface area contributed by atoms with Gasteiger partial charge in [-0.05, 0) is 48.9 Å². The van der Waals surface area contributed by atoms with E-state index in [1.165, 1.54) is 0 Å². The molecule has 1 aliphatic carbocycles. The fourth-order valence-corrected chi connectivity index (χ4v) is 4.99. The number of rotatable bonds is 4. The zero-order valence-corrected chi connectivity index (χ0v) is 20.9. The maximum atomic E-state index is 13.3. The molecule has 0 saturated carbocycles. The van der Waals surface area contributed by atoms with Crippen LogP contribution in [0, 0.1) is 13.8 Å². The van der Waals surface area contributed by atoms with Gasteiger partial charge in [-0.15, -0.1) is 0 Å². The molecule has 2 aromatic carbocycles. The van der Waals surface area contributed by atoms with Crippen LogP contribution in [0.3, 0.4) is 0 Å². The Kier molecular flexibility index (Phi) is 6.05. The highest BCUT2D eigenvalue weighted by atomic mass is 16.3. The maximum absolute atomic E-state index is 13.3. The summed E-state index contributed by atoms with van der Waals surface area (Å²) in [5.74, 6) is 1.21. The Balaban J connectivity index is 1.49. The summed E-state index contributed by atoms with van der Waals surface area (Å²) in [4.78, 5) is 21.9. The number of nitrogens with one attached hydrogen (secondary N) is 2. The minimum absolute atomic E-state index is 0.182. The lowest BCUT2D eigenvalue weighted by atomic mass is 9.70. The molecule has 4 aromatic rings. The van der Waals surface area contributed by atoms with E-state index in [0.29, 0.717) is 23.8 Å². The van der Waals surface area contributed by atoms with E-state index in [0.717, 1.165) is 27.9 Å². The number of hydrogen-bond donors (Lipinski definition) is 3. The Morgan fingerprint density at radius 3 is 2.42 bits per heavy atom. The topological polar surface area (TPSA) is 105 Å². The van der Waals surface area contributed by atoms with Crippen LogP contribution < -0.4 is 10.6 Å². The van der Waals surface area contributed by atoms with Gasteiger partial charge in [-0.2, -0.15) is 5.10 Å². The largest absolute Gasteiger partial charge is 0.391 e. The standard InChI is InChI=1S/C28H30N6O2/c1-17-24(19-15-29-18(2)30-16-19)33-34(20-10-6-5-7-11-20)26(17)32-27(36)31-25-21-12-8-9-13-22(21)28(3,4)14-23(25)35/h5-13,15-16,23,25,35H,14H2,1-4H3,(H2,31,32,36)/t23-,25?/m1/s1. The smallest absolute Gasteiger partial charge is 0.320 e. The molecule has 2 heterocycles. The predicted octanol–water partition coefficient (Wildman–Crippen LogP) is 4.85. The second kappa shape index (κ2) is 9.20.